The monoisotopic (exact) mass is 350 g/mol. The third-order valence-electron chi connectivity index (χ3n) is 2.27. The van der Waals surface area contributed by atoms with Crippen LogP contribution in [0, 0.1) is 0 Å². The molecule has 0 aromatic heterocycles. The molecule has 124 valence electrons. The van der Waals surface area contributed by atoms with Crippen molar-refractivity contribution in [3.63, 3.8) is 0 Å². The summed E-state index contributed by atoms with van der Waals surface area (Å²) in [6, 6.07) is 0. The van der Waals surface area contributed by atoms with Gasteiger partial charge in [0, 0.05) is 12.5 Å². The Kier molecular flexibility index (Phi) is 8.29. The second-order valence-corrected chi connectivity index (χ2v) is 16.1. The van der Waals surface area contributed by atoms with Gasteiger partial charge in [0.05, 0.1) is 6.61 Å². The normalized spacial score (nSPS) is 13.2. The maximum absolute atomic E-state index is 11.0. The largest absolute Gasteiger partial charge is 0.463 e. The smallest absolute Gasteiger partial charge is 0.330 e. The first-order valence-electron chi connectivity index (χ1n) is 7.18. The average Bonchev–Trinajstić information content (AvgIpc) is 2.30. The molecule has 0 aromatic rings. The molecule has 0 fully saturated rings. The second kappa shape index (κ2) is 8.39. The number of carbonyl (C=O) groups excluding carboxylic acids is 1. The first-order valence-corrected chi connectivity index (χ1v) is 14.8. The molecule has 0 aliphatic carbocycles. The van der Waals surface area contributed by atoms with E-state index in [2.05, 4.69) is 45.9 Å². The predicted molar refractivity (Wildman–Crippen MR) is 93.0 cm³/mol. The van der Waals surface area contributed by atoms with E-state index in [1.54, 1.807) is 0 Å². The highest BCUT2D eigenvalue weighted by Gasteiger charge is 2.40. The van der Waals surface area contributed by atoms with Crippen LogP contribution in [0.25, 0.3) is 0 Å². The first-order chi connectivity index (χ1) is 9.43. The Morgan fingerprint density at radius 1 is 1.14 bits per heavy atom. The SMILES string of the molecule is C=CC(=O)OCCCC(O[SiH3])(O[Si](C)(C)C)O[Si](C)(C)C. The highest BCUT2D eigenvalue weighted by molar-refractivity contribution is 6.71. The van der Waals surface area contributed by atoms with E-state index in [9.17, 15) is 4.79 Å². The molecule has 5 nitrogen and oxygen atoms in total. The van der Waals surface area contributed by atoms with Crippen LogP contribution >= 0.6 is 0 Å². The van der Waals surface area contributed by atoms with E-state index >= 15 is 0 Å². The van der Waals surface area contributed by atoms with Crippen molar-refractivity contribution in [3.8, 4) is 0 Å². The Balaban J connectivity index is 4.77. The number of rotatable bonds is 10. The van der Waals surface area contributed by atoms with Crippen molar-refractivity contribution < 1.29 is 22.8 Å². The average molecular weight is 351 g/mol. The van der Waals surface area contributed by atoms with Gasteiger partial charge in [-0.05, 0) is 45.7 Å². The molecule has 0 aliphatic rings. The van der Waals surface area contributed by atoms with Gasteiger partial charge in [-0.1, -0.05) is 6.58 Å². The number of carbonyl (C=O) groups is 1. The Morgan fingerprint density at radius 3 is 1.95 bits per heavy atom. The van der Waals surface area contributed by atoms with Crippen molar-refractivity contribution in [2.24, 2.45) is 0 Å². The summed E-state index contributed by atoms with van der Waals surface area (Å²) in [6.45, 7) is 16.3. The summed E-state index contributed by atoms with van der Waals surface area (Å²) in [7, 11) is -3.14. The van der Waals surface area contributed by atoms with Crippen molar-refractivity contribution in [1.29, 1.82) is 0 Å². The van der Waals surface area contributed by atoms with Gasteiger partial charge in [-0.2, -0.15) is 0 Å². The molecular weight excluding hydrogens is 320 g/mol. The Labute approximate surface area is 133 Å². The zero-order valence-electron chi connectivity index (χ0n) is 14.4. The Bertz CT molecular complexity index is 331. The summed E-state index contributed by atoms with van der Waals surface area (Å²) >= 11 is 0. The van der Waals surface area contributed by atoms with Gasteiger partial charge in [0.25, 0.3) is 5.97 Å². The topological polar surface area (TPSA) is 54.0 Å². The Morgan fingerprint density at radius 2 is 1.62 bits per heavy atom. The molecule has 21 heavy (non-hydrogen) atoms. The van der Waals surface area contributed by atoms with E-state index in [4.69, 9.17) is 18.0 Å². The van der Waals surface area contributed by atoms with Gasteiger partial charge in [0.15, 0.2) is 27.1 Å². The van der Waals surface area contributed by atoms with Gasteiger partial charge in [-0.3, -0.25) is 0 Å². The Hall–Kier alpha value is -0.259. The third kappa shape index (κ3) is 10.2. The minimum Gasteiger partial charge on any atom is -0.463 e. The molecule has 0 bridgehead atoms. The lowest BCUT2D eigenvalue weighted by molar-refractivity contribution is -0.268. The van der Waals surface area contributed by atoms with Gasteiger partial charge >= 0.3 is 5.97 Å². The number of esters is 1. The lowest BCUT2D eigenvalue weighted by Gasteiger charge is -2.41. The van der Waals surface area contributed by atoms with Crippen LogP contribution in [0.4, 0.5) is 0 Å². The molecule has 0 aromatic carbocycles. The van der Waals surface area contributed by atoms with Crippen molar-refractivity contribution in [3.05, 3.63) is 12.7 Å². The van der Waals surface area contributed by atoms with E-state index in [-0.39, 0.29) is 0 Å². The van der Waals surface area contributed by atoms with Crippen molar-refractivity contribution in [2.45, 2.75) is 58.1 Å². The van der Waals surface area contributed by atoms with E-state index in [1.807, 2.05) is 0 Å². The summed E-state index contributed by atoms with van der Waals surface area (Å²) in [4.78, 5) is 11.0. The molecule has 0 saturated carbocycles. The van der Waals surface area contributed by atoms with Gasteiger partial charge < -0.3 is 18.0 Å². The van der Waals surface area contributed by atoms with Gasteiger partial charge in [0.1, 0.15) is 0 Å². The fourth-order valence-electron chi connectivity index (χ4n) is 1.76. The third-order valence-corrected chi connectivity index (χ3v) is 4.74. The summed E-state index contributed by atoms with van der Waals surface area (Å²) in [6.07, 6.45) is 2.33. The number of hydrogen-bond donors (Lipinski definition) is 0. The lowest BCUT2D eigenvalue weighted by atomic mass is 10.3. The predicted octanol–water partition coefficient (Wildman–Crippen LogP) is 2.15. The number of ether oxygens (including phenoxy) is 1. The second-order valence-electron chi connectivity index (χ2n) is 6.79. The standard InChI is InChI=1S/C13H30O5Si3/c1-8-12(14)15-11-9-10-13(16-19,17-20(2,3)4)18-21(5,6)7/h8H,1,9-11H2,2-7,19H3. The molecule has 0 heterocycles. The molecule has 0 saturated heterocycles. The van der Waals surface area contributed by atoms with Crippen LogP contribution in [0.2, 0.25) is 39.3 Å². The molecule has 0 amide bonds. The van der Waals surface area contributed by atoms with E-state index in [0.717, 1.165) is 6.08 Å². The van der Waals surface area contributed by atoms with Crippen molar-refractivity contribution in [1.82, 2.24) is 0 Å². The highest BCUT2D eigenvalue weighted by atomic mass is 28.4. The molecule has 0 unspecified atom stereocenters. The van der Waals surface area contributed by atoms with Gasteiger partial charge in [-0.25, -0.2) is 4.79 Å². The van der Waals surface area contributed by atoms with Crippen LogP contribution in [-0.4, -0.2) is 45.7 Å². The molecule has 0 rings (SSSR count). The van der Waals surface area contributed by atoms with E-state index in [0.29, 0.717) is 29.9 Å². The maximum Gasteiger partial charge on any atom is 0.330 e. The lowest BCUT2D eigenvalue weighted by Crippen LogP contribution is -2.51. The zero-order valence-corrected chi connectivity index (χ0v) is 18.4. The van der Waals surface area contributed by atoms with Gasteiger partial charge in [0.2, 0.25) is 0 Å². The fraction of sp³-hybridized carbons (Fsp3) is 0.769. The highest BCUT2D eigenvalue weighted by Crippen LogP contribution is 2.29. The summed E-state index contributed by atoms with van der Waals surface area (Å²) in [5.41, 5.74) is 0. The molecule has 0 N–H and O–H groups in total. The minimum atomic E-state index is -1.83. The summed E-state index contributed by atoms with van der Waals surface area (Å²) < 4.78 is 23.1. The van der Waals surface area contributed by atoms with E-state index < -0.39 is 28.6 Å². The van der Waals surface area contributed by atoms with Crippen LogP contribution in [0.5, 0.6) is 0 Å². The summed E-state index contributed by atoms with van der Waals surface area (Å²) in [5.74, 6) is -1.40. The molecule has 0 aliphatic heterocycles. The van der Waals surface area contributed by atoms with Crippen LogP contribution in [0.1, 0.15) is 12.8 Å². The molecular formula is C13H30O5Si3. The molecule has 8 heteroatoms. The van der Waals surface area contributed by atoms with Gasteiger partial charge in [-0.15, -0.1) is 0 Å². The summed E-state index contributed by atoms with van der Waals surface area (Å²) in [5, 5.41) is 0. The zero-order chi connectivity index (χ0) is 16.7. The number of hydrogen-bond acceptors (Lipinski definition) is 5. The first kappa shape index (κ1) is 20.7. The quantitative estimate of drug-likeness (QED) is 0.199. The minimum absolute atomic E-state index is 0.307. The maximum atomic E-state index is 11.0. The fourth-order valence-corrected chi connectivity index (χ4v) is 4.87. The molecule has 0 radical (unpaired) electrons. The van der Waals surface area contributed by atoms with Crippen molar-refractivity contribution >= 4 is 33.1 Å². The van der Waals surface area contributed by atoms with Crippen LogP contribution < -0.4 is 0 Å². The molecule has 0 atom stereocenters. The van der Waals surface area contributed by atoms with Crippen molar-refractivity contribution in [2.75, 3.05) is 6.61 Å². The molecule has 0 spiro atoms. The van der Waals surface area contributed by atoms with Crippen LogP contribution in [0.3, 0.4) is 0 Å². The van der Waals surface area contributed by atoms with E-state index in [1.165, 1.54) is 0 Å². The van der Waals surface area contributed by atoms with Crippen LogP contribution in [-0.2, 0) is 22.8 Å². The van der Waals surface area contributed by atoms with Crippen LogP contribution in [0.15, 0.2) is 12.7 Å².